The molecule has 7 heteroatoms. The molecule has 0 fully saturated rings. The normalized spacial score (nSPS) is 14.7. The third-order valence-electron chi connectivity index (χ3n) is 3.31. The van der Waals surface area contributed by atoms with E-state index in [4.69, 9.17) is 23.2 Å². The van der Waals surface area contributed by atoms with E-state index in [9.17, 15) is 13.2 Å². The van der Waals surface area contributed by atoms with Crippen LogP contribution in [0, 0.1) is 0 Å². The molecule has 0 saturated carbocycles. The lowest BCUT2D eigenvalue weighted by atomic mass is 10.2. The second-order valence-corrected chi connectivity index (χ2v) is 5.50. The average molecular weight is 321 g/mol. The molecule has 1 aromatic heterocycles. The molecule has 0 amide bonds. The van der Waals surface area contributed by atoms with Crippen LogP contribution >= 0.6 is 23.2 Å². The third kappa shape index (κ3) is 2.29. The SMILES string of the molecule is FC(F)(F)c1cc(Cl)c(-n2cc3c(n2)CCC3)c(Cl)c1. The van der Waals surface area contributed by atoms with E-state index in [1.54, 1.807) is 6.20 Å². The molecule has 0 saturated heterocycles. The second-order valence-electron chi connectivity index (χ2n) is 4.69. The fourth-order valence-corrected chi connectivity index (χ4v) is 3.03. The predicted molar refractivity (Wildman–Crippen MR) is 70.6 cm³/mol. The van der Waals surface area contributed by atoms with E-state index in [1.165, 1.54) is 4.68 Å². The highest BCUT2D eigenvalue weighted by molar-refractivity contribution is 6.37. The quantitative estimate of drug-likeness (QED) is 0.745. The van der Waals surface area contributed by atoms with E-state index in [0.29, 0.717) is 0 Å². The van der Waals surface area contributed by atoms with Gasteiger partial charge in [-0.15, -0.1) is 0 Å². The number of benzene rings is 1. The first-order chi connectivity index (χ1) is 9.36. The Bertz CT molecular complexity index is 632. The second kappa shape index (κ2) is 4.67. The van der Waals surface area contributed by atoms with Crippen molar-refractivity contribution in [2.24, 2.45) is 0 Å². The maximum Gasteiger partial charge on any atom is 0.416 e. The van der Waals surface area contributed by atoms with Crippen LogP contribution < -0.4 is 0 Å². The molecule has 1 heterocycles. The minimum atomic E-state index is -4.47. The van der Waals surface area contributed by atoms with Gasteiger partial charge in [0.1, 0.15) is 5.69 Å². The van der Waals surface area contributed by atoms with Crippen molar-refractivity contribution in [2.45, 2.75) is 25.4 Å². The number of hydrogen-bond acceptors (Lipinski definition) is 1. The van der Waals surface area contributed by atoms with Crippen LogP contribution in [0.3, 0.4) is 0 Å². The highest BCUT2D eigenvalue weighted by atomic mass is 35.5. The third-order valence-corrected chi connectivity index (χ3v) is 3.89. The predicted octanol–water partition coefficient (Wildman–Crippen LogP) is 4.69. The lowest BCUT2D eigenvalue weighted by Crippen LogP contribution is -2.07. The topological polar surface area (TPSA) is 17.8 Å². The summed E-state index contributed by atoms with van der Waals surface area (Å²) in [6.07, 6.45) is 0.150. The zero-order chi connectivity index (χ0) is 14.5. The van der Waals surface area contributed by atoms with Crippen molar-refractivity contribution >= 4 is 23.2 Å². The number of aromatic nitrogens is 2. The van der Waals surface area contributed by atoms with Crippen molar-refractivity contribution < 1.29 is 13.2 Å². The van der Waals surface area contributed by atoms with Gasteiger partial charge in [0.25, 0.3) is 0 Å². The summed E-state index contributed by atoms with van der Waals surface area (Å²) < 4.78 is 39.5. The van der Waals surface area contributed by atoms with Crippen LogP contribution in [-0.4, -0.2) is 9.78 Å². The molecule has 0 atom stereocenters. The first-order valence-corrected chi connectivity index (χ1v) is 6.76. The Morgan fingerprint density at radius 3 is 2.30 bits per heavy atom. The van der Waals surface area contributed by atoms with Crippen LogP contribution in [0.1, 0.15) is 23.2 Å². The molecular formula is C13H9Cl2F3N2. The van der Waals surface area contributed by atoms with Crippen LogP contribution in [0.25, 0.3) is 5.69 Å². The molecule has 20 heavy (non-hydrogen) atoms. The van der Waals surface area contributed by atoms with E-state index in [0.717, 1.165) is 42.7 Å². The number of nitrogens with zero attached hydrogens (tertiary/aromatic N) is 2. The Morgan fingerprint density at radius 1 is 1.10 bits per heavy atom. The number of hydrogen-bond donors (Lipinski definition) is 0. The van der Waals surface area contributed by atoms with Crippen LogP contribution in [-0.2, 0) is 19.0 Å². The van der Waals surface area contributed by atoms with Crippen molar-refractivity contribution in [2.75, 3.05) is 0 Å². The van der Waals surface area contributed by atoms with Crippen LogP contribution in [0.4, 0.5) is 13.2 Å². The zero-order valence-corrected chi connectivity index (χ0v) is 11.6. The van der Waals surface area contributed by atoms with E-state index in [-0.39, 0.29) is 15.7 Å². The first kappa shape index (κ1) is 13.8. The molecule has 1 aliphatic carbocycles. The van der Waals surface area contributed by atoms with Crippen molar-refractivity contribution in [1.29, 1.82) is 0 Å². The van der Waals surface area contributed by atoms with Gasteiger partial charge in [-0.3, -0.25) is 0 Å². The molecule has 1 aromatic carbocycles. The van der Waals surface area contributed by atoms with E-state index >= 15 is 0 Å². The summed E-state index contributed by atoms with van der Waals surface area (Å²) in [5.74, 6) is 0. The minimum absolute atomic E-state index is 0.0639. The molecule has 2 aromatic rings. The number of halogens is 5. The van der Waals surface area contributed by atoms with Gasteiger partial charge in [-0.25, -0.2) is 4.68 Å². The van der Waals surface area contributed by atoms with Crippen molar-refractivity contribution in [3.05, 3.63) is 45.2 Å². The molecule has 0 aliphatic heterocycles. The van der Waals surface area contributed by atoms with Crippen LogP contribution in [0.5, 0.6) is 0 Å². The monoisotopic (exact) mass is 320 g/mol. The van der Waals surface area contributed by atoms with E-state index < -0.39 is 11.7 Å². The largest absolute Gasteiger partial charge is 0.416 e. The molecule has 0 spiro atoms. The van der Waals surface area contributed by atoms with Gasteiger partial charge in [-0.05, 0) is 37.0 Å². The summed E-state index contributed by atoms with van der Waals surface area (Å²) >= 11 is 11.9. The summed E-state index contributed by atoms with van der Waals surface area (Å²) in [5, 5.41) is 4.21. The molecule has 1 aliphatic rings. The maximum absolute atomic E-state index is 12.7. The lowest BCUT2D eigenvalue weighted by molar-refractivity contribution is -0.137. The average Bonchev–Trinajstić information content (AvgIpc) is 2.87. The van der Waals surface area contributed by atoms with Crippen molar-refractivity contribution in [1.82, 2.24) is 9.78 Å². The Hall–Kier alpha value is -1.20. The maximum atomic E-state index is 12.7. The smallest absolute Gasteiger partial charge is 0.237 e. The van der Waals surface area contributed by atoms with Gasteiger partial charge >= 0.3 is 6.18 Å². The highest BCUT2D eigenvalue weighted by Gasteiger charge is 2.32. The van der Waals surface area contributed by atoms with Crippen LogP contribution in [0.15, 0.2) is 18.3 Å². The lowest BCUT2D eigenvalue weighted by Gasteiger charge is -2.12. The fraction of sp³-hybridized carbons (Fsp3) is 0.308. The molecular weight excluding hydrogens is 312 g/mol. The molecule has 106 valence electrons. The Kier molecular flexibility index (Phi) is 3.21. The van der Waals surface area contributed by atoms with Gasteiger partial charge < -0.3 is 0 Å². The number of rotatable bonds is 1. The summed E-state index contributed by atoms with van der Waals surface area (Å²) in [6, 6.07) is 1.74. The summed E-state index contributed by atoms with van der Waals surface area (Å²) in [7, 11) is 0. The molecule has 2 nitrogen and oxygen atoms in total. The van der Waals surface area contributed by atoms with Gasteiger partial charge in [0, 0.05) is 6.20 Å². The zero-order valence-electron chi connectivity index (χ0n) is 10.1. The van der Waals surface area contributed by atoms with E-state index in [2.05, 4.69) is 5.10 Å². The van der Waals surface area contributed by atoms with Gasteiger partial charge in [-0.2, -0.15) is 18.3 Å². The Balaban J connectivity index is 2.10. The fourth-order valence-electron chi connectivity index (χ4n) is 2.37. The molecule has 0 radical (unpaired) electrons. The first-order valence-electron chi connectivity index (χ1n) is 6.00. The Labute approximate surface area is 123 Å². The molecule has 0 N–H and O–H groups in total. The summed E-state index contributed by atoms with van der Waals surface area (Å²) in [6.45, 7) is 0. The molecule has 0 unspecified atom stereocenters. The van der Waals surface area contributed by atoms with Gasteiger partial charge in [0.05, 0.1) is 21.3 Å². The summed E-state index contributed by atoms with van der Waals surface area (Å²) in [5.41, 5.74) is 1.47. The number of alkyl halides is 3. The Morgan fingerprint density at radius 2 is 1.75 bits per heavy atom. The molecule has 3 rings (SSSR count). The van der Waals surface area contributed by atoms with Gasteiger partial charge in [-0.1, -0.05) is 23.2 Å². The highest BCUT2D eigenvalue weighted by Crippen LogP contribution is 2.37. The number of fused-ring (bicyclic) bond motifs is 1. The molecule has 0 bridgehead atoms. The standard InChI is InChI=1S/C13H9Cl2F3N2/c14-9-4-8(13(16,17)18)5-10(15)12(9)20-6-7-2-1-3-11(7)19-20/h4-6H,1-3H2. The minimum Gasteiger partial charge on any atom is -0.237 e. The van der Waals surface area contributed by atoms with Crippen molar-refractivity contribution in [3.63, 3.8) is 0 Å². The number of aryl methyl sites for hydroxylation is 2. The van der Waals surface area contributed by atoms with Gasteiger partial charge in [0.15, 0.2) is 0 Å². The van der Waals surface area contributed by atoms with Gasteiger partial charge in [0.2, 0.25) is 0 Å². The summed E-state index contributed by atoms with van der Waals surface area (Å²) in [4.78, 5) is 0. The van der Waals surface area contributed by atoms with Crippen LogP contribution in [0.2, 0.25) is 10.0 Å². The van der Waals surface area contributed by atoms with Crippen molar-refractivity contribution in [3.8, 4) is 5.69 Å². The van der Waals surface area contributed by atoms with E-state index in [1.807, 2.05) is 0 Å².